The predicted molar refractivity (Wildman–Crippen MR) is 48.9 cm³/mol. The molecule has 0 atom stereocenters. The minimum absolute atomic E-state index is 0.586. The van der Waals surface area contributed by atoms with Gasteiger partial charge in [-0.3, -0.25) is 2.78 Å². The molecule has 0 radical (unpaired) electrons. The standard InChI is InChI=1S/C5H2ClIN4/c6-4-3-1-9-10-5(3)8-2-11(4)7/h1-2H. The number of hydrogen-bond donors (Lipinski definition) is 0. The molecule has 0 saturated heterocycles. The van der Waals surface area contributed by atoms with E-state index < -0.39 is 0 Å². The summed E-state index contributed by atoms with van der Waals surface area (Å²) >= 11 is 7.94. The molecule has 11 heavy (non-hydrogen) atoms. The molecule has 4 nitrogen and oxygen atoms in total. The summed E-state index contributed by atoms with van der Waals surface area (Å²) < 4.78 is 1.69. The summed E-state index contributed by atoms with van der Waals surface area (Å²) in [6, 6.07) is 0. The Kier molecular flexibility index (Phi) is 1.68. The highest BCUT2D eigenvalue weighted by Crippen LogP contribution is 2.26. The third-order valence-electron chi connectivity index (χ3n) is 1.27. The van der Waals surface area contributed by atoms with Crippen LogP contribution in [0.15, 0.2) is 12.5 Å². The summed E-state index contributed by atoms with van der Waals surface area (Å²) in [6.07, 6.45) is 3.19. The number of aromatic nitrogens is 4. The molecule has 2 rings (SSSR count). The van der Waals surface area contributed by atoms with Gasteiger partial charge in [0.1, 0.15) is 11.5 Å². The fourth-order valence-electron chi connectivity index (χ4n) is 0.765. The van der Waals surface area contributed by atoms with Crippen LogP contribution in [0.25, 0.3) is 11.4 Å². The minimum atomic E-state index is 0.586. The van der Waals surface area contributed by atoms with E-state index in [0.717, 1.165) is 5.56 Å². The summed E-state index contributed by atoms with van der Waals surface area (Å²) in [6.45, 7) is 0. The zero-order valence-corrected chi connectivity index (χ0v) is 8.11. The lowest BCUT2D eigenvalue weighted by molar-refractivity contribution is 1.04. The average Bonchev–Trinajstić information content (AvgIpc) is 2.45. The molecule has 0 aromatic rings. The molecule has 0 aromatic carbocycles. The molecule has 2 heterocycles. The monoisotopic (exact) mass is 280 g/mol. The van der Waals surface area contributed by atoms with Crippen molar-refractivity contribution in [3.8, 4) is 11.4 Å². The van der Waals surface area contributed by atoms with Gasteiger partial charge in [-0.25, -0.2) is 4.98 Å². The Morgan fingerprint density at radius 2 is 2.36 bits per heavy atom. The predicted octanol–water partition coefficient (Wildman–Crippen LogP) is 1.63. The van der Waals surface area contributed by atoms with Crippen molar-refractivity contribution in [2.45, 2.75) is 0 Å². The minimum Gasteiger partial charge on any atom is -0.262 e. The molecular weight excluding hydrogens is 278 g/mol. The van der Waals surface area contributed by atoms with Crippen molar-refractivity contribution < 1.29 is 0 Å². The third-order valence-corrected chi connectivity index (χ3v) is 2.67. The molecular formula is C5H2ClIN4. The highest BCUT2D eigenvalue weighted by molar-refractivity contribution is 14.1. The Morgan fingerprint density at radius 3 is 3.18 bits per heavy atom. The molecule has 56 valence electrons. The first-order chi connectivity index (χ1) is 5.29. The van der Waals surface area contributed by atoms with Crippen LogP contribution < -0.4 is 0 Å². The molecule has 0 saturated carbocycles. The normalized spacial score (nSPS) is 10.7. The zero-order chi connectivity index (χ0) is 7.84. The van der Waals surface area contributed by atoms with Crippen molar-refractivity contribution in [3.05, 3.63) is 17.7 Å². The van der Waals surface area contributed by atoms with E-state index in [1.165, 1.54) is 0 Å². The number of hydrogen-bond acceptors (Lipinski definition) is 3. The maximum atomic E-state index is 5.90. The van der Waals surface area contributed by atoms with Gasteiger partial charge in [0.25, 0.3) is 0 Å². The Hall–Kier alpha value is -0.430. The molecule has 0 fully saturated rings. The smallest absolute Gasteiger partial charge is 0.187 e. The van der Waals surface area contributed by atoms with Crippen LogP contribution in [0.3, 0.4) is 0 Å². The Balaban J connectivity index is 2.81. The Labute approximate surface area is 81.4 Å². The van der Waals surface area contributed by atoms with Gasteiger partial charge in [0, 0.05) is 0 Å². The first-order valence-corrected chi connectivity index (χ1v) is 4.13. The van der Waals surface area contributed by atoms with Crippen molar-refractivity contribution in [1.29, 1.82) is 0 Å². The molecule has 2 aliphatic heterocycles. The first-order valence-electron chi connectivity index (χ1n) is 2.79. The SMILES string of the molecule is Clc1c2cnnc-2ncn1I. The second-order valence-corrected chi connectivity index (χ2v) is 3.33. The maximum absolute atomic E-state index is 5.90. The van der Waals surface area contributed by atoms with Crippen molar-refractivity contribution >= 4 is 34.5 Å². The zero-order valence-electron chi connectivity index (χ0n) is 5.20. The van der Waals surface area contributed by atoms with Gasteiger partial charge in [-0.05, 0) is 0 Å². The molecule has 0 N–H and O–H groups in total. The van der Waals surface area contributed by atoms with Crippen molar-refractivity contribution in [3.63, 3.8) is 0 Å². The molecule has 0 spiro atoms. The van der Waals surface area contributed by atoms with Gasteiger partial charge in [0.2, 0.25) is 0 Å². The van der Waals surface area contributed by atoms with Gasteiger partial charge < -0.3 is 0 Å². The van der Waals surface area contributed by atoms with Gasteiger partial charge in [-0.15, -0.1) is 5.10 Å². The van der Waals surface area contributed by atoms with Gasteiger partial charge in [-0.1, -0.05) is 11.6 Å². The molecule has 6 heteroatoms. The Bertz CT molecular complexity index is 360. The summed E-state index contributed by atoms with van der Waals surface area (Å²) in [5.41, 5.74) is 0.781. The molecule has 2 aliphatic rings. The first kappa shape index (κ1) is 7.23. The highest BCUT2D eigenvalue weighted by Gasteiger charge is 2.12. The van der Waals surface area contributed by atoms with E-state index in [-0.39, 0.29) is 0 Å². The third kappa shape index (κ3) is 1.08. The summed E-state index contributed by atoms with van der Waals surface area (Å²) in [4.78, 5) is 4.00. The fraction of sp³-hybridized carbons (Fsp3) is 0. The van der Waals surface area contributed by atoms with E-state index in [4.69, 9.17) is 11.6 Å². The molecule has 0 aliphatic carbocycles. The van der Waals surface area contributed by atoms with Crippen LogP contribution >= 0.6 is 34.5 Å². The lowest BCUT2D eigenvalue weighted by Gasteiger charge is -2.01. The van der Waals surface area contributed by atoms with Crippen LogP contribution in [0.5, 0.6) is 0 Å². The van der Waals surface area contributed by atoms with Gasteiger partial charge >= 0.3 is 0 Å². The highest BCUT2D eigenvalue weighted by atomic mass is 127. The second kappa shape index (κ2) is 2.56. The summed E-state index contributed by atoms with van der Waals surface area (Å²) in [5.74, 6) is 0.586. The average molecular weight is 280 g/mol. The van der Waals surface area contributed by atoms with Crippen LogP contribution in [0.2, 0.25) is 5.15 Å². The van der Waals surface area contributed by atoms with E-state index in [0.29, 0.717) is 11.0 Å². The summed E-state index contributed by atoms with van der Waals surface area (Å²) in [7, 11) is 0. The van der Waals surface area contributed by atoms with Crippen molar-refractivity contribution in [1.82, 2.24) is 18.0 Å². The van der Waals surface area contributed by atoms with Crippen molar-refractivity contribution in [2.24, 2.45) is 0 Å². The quantitative estimate of drug-likeness (QED) is 0.544. The second-order valence-electron chi connectivity index (χ2n) is 1.93. The van der Waals surface area contributed by atoms with Gasteiger partial charge in [0.05, 0.1) is 34.6 Å². The fourth-order valence-corrected chi connectivity index (χ4v) is 1.33. The van der Waals surface area contributed by atoms with Gasteiger partial charge in [-0.2, -0.15) is 5.10 Å². The van der Waals surface area contributed by atoms with E-state index in [9.17, 15) is 0 Å². The molecule has 0 amide bonds. The van der Waals surface area contributed by atoms with E-state index in [1.54, 1.807) is 15.3 Å². The summed E-state index contributed by atoms with van der Waals surface area (Å²) in [5, 5.41) is 8.05. The number of nitrogens with zero attached hydrogens (tertiary/aromatic N) is 4. The molecule has 0 bridgehead atoms. The lowest BCUT2D eigenvalue weighted by Crippen LogP contribution is -1.92. The van der Waals surface area contributed by atoms with Crippen LogP contribution in [0.4, 0.5) is 0 Å². The Morgan fingerprint density at radius 1 is 1.55 bits per heavy atom. The number of fused-ring (bicyclic) bond motifs is 1. The van der Waals surface area contributed by atoms with Crippen LogP contribution in [0, 0.1) is 0 Å². The maximum Gasteiger partial charge on any atom is 0.187 e. The van der Waals surface area contributed by atoms with Gasteiger partial charge in [0.15, 0.2) is 5.82 Å². The van der Waals surface area contributed by atoms with E-state index in [1.807, 2.05) is 22.9 Å². The van der Waals surface area contributed by atoms with E-state index >= 15 is 0 Å². The van der Waals surface area contributed by atoms with Crippen LogP contribution in [-0.4, -0.2) is 18.0 Å². The number of halogens is 2. The molecule has 0 unspecified atom stereocenters. The largest absolute Gasteiger partial charge is 0.262 e. The van der Waals surface area contributed by atoms with Crippen LogP contribution in [-0.2, 0) is 0 Å². The number of rotatable bonds is 0. The topological polar surface area (TPSA) is 43.6 Å². The lowest BCUT2D eigenvalue weighted by atomic mass is 10.3. The molecule has 0 aromatic heterocycles. The van der Waals surface area contributed by atoms with E-state index in [2.05, 4.69) is 15.2 Å². The van der Waals surface area contributed by atoms with Crippen molar-refractivity contribution in [2.75, 3.05) is 0 Å². The van der Waals surface area contributed by atoms with Crippen LogP contribution in [0.1, 0.15) is 0 Å².